The molecule has 1 heterocycles. The molecule has 2 rings (SSSR count). The van der Waals surface area contributed by atoms with Crippen molar-refractivity contribution >= 4 is 11.8 Å². The monoisotopic (exact) mass is 167 g/mol. The van der Waals surface area contributed by atoms with E-state index < -0.39 is 0 Å². The van der Waals surface area contributed by atoms with Gasteiger partial charge in [-0.1, -0.05) is 13.3 Å². The van der Waals surface area contributed by atoms with E-state index in [1.54, 1.807) is 0 Å². The number of carbonyl (C=O) groups is 2. The molecule has 1 saturated heterocycles. The number of unbranched alkanes of at least 4 members (excludes halogenated alkanes) is 1. The van der Waals surface area contributed by atoms with Gasteiger partial charge >= 0.3 is 0 Å². The molecule has 0 aromatic heterocycles. The minimum atomic E-state index is 0.0781. The number of amides is 2. The number of piperidine rings is 1. The van der Waals surface area contributed by atoms with Gasteiger partial charge < -0.3 is 0 Å². The Labute approximate surface area is 71.7 Å². The number of hydrogen-bond donors (Lipinski definition) is 0. The standard InChI is InChI=1S/C9H13NO2/c1-2-3-4-10-8(11)6-5-7(6)9(10)12/h6-7H,2-5H2,1H3. The van der Waals surface area contributed by atoms with Crippen molar-refractivity contribution in [2.75, 3.05) is 6.54 Å². The molecule has 0 bridgehead atoms. The largest absolute Gasteiger partial charge is 0.282 e. The molecule has 3 heteroatoms. The molecule has 12 heavy (non-hydrogen) atoms. The highest BCUT2D eigenvalue weighted by Crippen LogP contribution is 2.46. The molecule has 1 aliphatic carbocycles. The summed E-state index contributed by atoms with van der Waals surface area (Å²) < 4.78 is 0. The van der Waals surface area contributed by atoms with Crippen LogP contribution >= 0.6 is 0 Å². The number of imide groups is 1. The van der Waals surface area contributed by atoms with Gasteiger partial charge in [-0.15, -0.1) is 0 Å². The number of carbonyl (C=O) groups excluding carboxylic acids is 2. The zero-order valence-electron chi connectivity index (χ0n) is 7.25. The number of likely N-dealkylation sites (tertiary alicyclic amines) is 1. The lowest BCUT2D eigenvalue weighted by atomic mass is 10.3. The van der Waals surface area contributed by atoms with E-state index >= 15 is 0 Å². The zero-order chi connectivity index (χ0) is 8.72. The Balaban J connectivity index is 1.97. The van der Waals surface area contributed by atoms with Gasteiger partial charge in [0.05, 0.1) is 11.8 Å². The highest BCUT2D eigenvalue weighted by atomic mass is 16.2. The minimum Gasteiger partial charge on any atom is -0.282 e. The van der Waals surface area contributed by atoms with Gasteiger partial charge in [-0.3, -0.25) is 14.5 Å². The second-order valence-electron chi connectivity index (χ2n) is 3.63. The lowest BCUT2D eigenvalue weighted by Gasteiger charge is -2.15. The molecule has 0 N–H and O–H groups in total. The molecule has 0 spiro atoms. The fraction of sp³-hybridized carbons (Fsp3) is 0.778. The molecular formula is C9H13NO2. The normalized spacial score (nSPS) is 32.6. The molecule has 2 amide bonds. The molecule has 1 saturated carbocycles. The zero-order valence-corrected chi connectivity index (χ0v) is 7.25. The number of fused-ring (bicyclic) bond motifs is 1. The van der Waals surface area contributed by atoms with Crippen LogP contribution in [-0.2, 0) is 9.59 Å². The summed E-state index contributed by atoms with van der Waals surface area (Å²) in [7, 11) is 0. The van der Waals surface area contributed by atoms with E-state index in [1.807, 2.05) is 0 Å². The van der Waals surface area contributed by atoms with Crippen LogP contribution in [0.4, 0.5) is 0 Å². The summed E-state index contributed by atoms with van der Waals surface area (Å²) in [5.41, 5.74) is 0. The lowest BCUT2D eigenvalue weighted by Crippen LogP contribution is -2.33. The summed E-state index contributed by atoms with van der Waals surface area (Å²) in [5.74, 6) is 0.320. The minimum absolute atomic E-state index is 0.0781. The van der Waals surface area contributed by atoms with E-state index in [1.165, 1.54) is 4.90 Å². The van der Waals surface area contributed by atoms with Crippen molar-refractivity contribution in [3.63, 3.8) is 0 Å². The maximum Gasteiger partial charge on any atom is 0.233 e. The summed E-state index contributed by atoms with van der Waals surface area (Å²) in [6.45, 7) is 2.70. The number of hydrogen-bond acceptors (Lipinski definition) is 2. The number of rotatable bonds is 3. The lowest BCUT2D eigenvalue weighted by molar-refractivity contribution is -0.141. The van der Waals surface area contributed by atoms with Crippen molar-refractivity contribution in [2.24, 2.45) is 11.8 Å². The second-order valence-corrected chi connectivity index (χ2v) is 3.63. The van der Waals surface area contributed by atoms with E-state index in [2.05, 4.69) is 6.92 Å². The van der Waals surface area contributed by atoms with E-state index in [-0.39, 0.29) is 23.7 Å². The molecule has 66 valence electrons. The van der Waals surface area contributed by atoms with Crippen LogP contribution in [0.5, 0.6) is 0 Å². The summed E-state index contributed by atoms with van der Waals surface area (Å²) in [4.78, 5) is 24.2. The van der Waals surface area contributed by atoms with Crippen LogP contribution in [0.15, 0.2) is 0 Å². The maximum atomic E-state index is 11.4. The predicted octanol–water partition coefficient (Wildman–Crippen LogP) is 0.791. The smallest absolute Gasteiger partial charge is 0.233 e. The molecule has 2 unspecified atom stereocenters. The third-order valence-electron chi connectivity index (χ3n) is 2.69. The first-order valence-electron chi connectivity index (χ1n) is 4.61. The molecule has 0 radical (unpaired) electrons. The van der Waals surface area contributed by atoms with Gasteiger partial charge in [0.15, 0.2) is 0 Å². The van der Waals surface area contributed by atoms with E-state index in [0.717, 1.165) is 19.3 Å². The molecule has 1 aliphatic heterocycles. The van der Waals surface area contributed by atoms with Crippen LogP contribution in [0.3, 0.4) is 0 Å². The van der Waals surface area contributed by atoms with Crippen LogP contribution < -0.4 is 0 Å². The molecule has 3 nitrogen and oxygen atoms in total. The van der Waals surface area contributed by atoms with Crippen LogP contribution in [0.1, 0.15) is 26.2 Å². The third kappa shape index (κ3) is 0.958. The van der Waals surface area contributed by atoms with E-state index in [9.17, 15) is 9.59 Å². The summed E-state index contributed by atoms with van der Waals surface area (Å²) in [6.07, 6.45) is 2.80. The molecule has 2 fully saturated rings. The van der Waals surface area contributed by atoms with Crippen LogP contribution in [0, 0.1) is 11.8 Å². The predicted molar refractivity (Wildman–Crippen MR) is 43.2 cm³/mol. The second kappa shape index (κ2) is 2.57. The summed E-state index contributed by atoms with van der Waals surface area (Å²) in [5, 5.41) is 0. The van der Waals surface area contributed by atoms with Crippen molar-refractivity contribution in [1.29, 1.82) is 0 Å². The first-order chi connectivity index (χ1) is 5.75. The molecule has 2 atom stereocenters. The topological polar surface area (TPSA) is 37.4 Å². The molecule has 2 aliphatic rings. The van der Waals surface area contributed by atoms with Gasteiger partial charge in [-0.25, -0.2) is 0 Å². The Morgan fingerprint density at radius 2 is 1.92 bits per heavy atom. The first-order valence-corrected chi connectivity index (χ1v) is 4.61. The Kier molecular flexibility index (Phi) is 1.67. The van der Waals surface area contributed by atoms with Crippen LogP contribution in [0.2, 0.25) is 0 Å². The van der Waals surface area contributed by atoms with Crippen molar-refractivity contribution < 1.29 is 9.59 Å². The first kappa shape index (κ1) is 7.77. The van der Waals surface area contributed by atoms with Crippen molar-refractivity contribution in [3.8, 4) is 0 Å². The Morgan fingerprint density at radius 3 is 2.42 bits per heavy atom. The van der Waals surface area contributed by atoms with Gasteiger partial charge in [0, 0.05) is 6.54 Å². The molecule has 0 aromatic carbocycles. The highest BCUT2D eigenvalue weighted by molar-refractivity contribution is 6.08. The average Bonchev–Trinajstić information content (AvgIpc) is 2.78. The highest BCUT2D eigenvalue weighted by Gasteiger charge is 2.58. The van der Waals surface area contributed by atoms with E-state index in [4.69, 9.17) is 0 Å². The molecule has 0 aromatic rings. The third-order valence-corrected chi connectivity index (χ3v) is 2.69. The van der Waals surface area contributed by atoms with Crippen molar-refractivity contribution in [3.05, 3.63) is 0 Å². The van der Waals surface area contributed by atoms with Crippen LogP contribution in [-0.4, -0.2) is 23.3 Å². The summed E-state index contributed by atoms with van der Waals surface area (Å²) >= 11 is 0. The van der Waals surface area contributed by atoms with Gasteiger partial charge in [-0.2, -0.15) is 0 Å². The van der Waals surface area contributed by atoms with Crippen molar-refractivity contribution in [2.45, 2.75) is 26.2 Å². The average molecular weight is 167 g/mol. The van der Waals surface area contributed by atoms with Gasteiger partial charge in [0.2, 0.25) is 11.8 Å². The van der Waals surface area contributed by atoms with Gasteiger partial charge in [-0.05, 0) is 12.8 Å². The maximum absolute atomic E-state index is 11.4. The van der Waals surface area contributed by atoms with Crippen LogP contribution in [0.25, 0.3) is 0 Å². The Bertz CT molecular complexity index is 217. The van der Waals surface area contributed by atoms with Gasteiger partial charge in [0.25, 0.3) is 0 Å². The van der Waals surface area contributed by atoms with Crippen molar-refractivity contribution in [1.82, 2.24) is 4.90 Å². The fourth-order valence-electron chi connectivity index (χ4n) is 1.79. The quantitative estimate of drug-likeness (QED) is 0.583. The Morgan fingerprint density at radius 1 is 1.33 bits per heavy atom. The fourth-order valence-corrected chi connectivity index (χ4v) is 1.79. The Hall–Kier alpha value is -0.860. The SMILES string of the molecule is CCCCN1C(=O)C2CC2C1=O. The molecular weight excluding hydrogens is 154 g/mol. The van der Waals surface area contributed by atoms with Gasteiger partial charge in [0.1, 0.15) is 0 Å². The number of nitrogens with zero attached hydrogens (tertiary/aromatic N) is 1. The van der Waals surface area contributed by atoms with E-state index in [0.29, 0.717) is 6.54 Å². The summed E-state index contributed by atoms with van der Waals surface area (Å²) in [6, 6.07) is 0.